The molecular weight excluding hydrogens is 905 g/mol. The van der Waals surface area contributed by atoms with Crippen LogP contribution in [0, 0.1) is 0 Å². The Morgan fingerprint density at radius 2 is 0.667 bits per heavy atom. The zero-order chi connectivity index (χ0) is 52.4. The Labute approximate surface area is 446 Å². The van der Waals surface area contributed by atoms with Crippen molar-refractivity contribution in [2.45, 2.75) is 110 Å². The minimum atomic E-state index is -0.593. The van der Waals surface area contributed by atoms with E-state index in [9.17, 15) is 0 Å². The fourth-order valence-corrected chi connectivity index (χ4v) is 12.3. The van der Waals surface area contributed by atoms with Crippen molar-refractivity contribution in [2.75, 3.05) is 9.80 Å². The molecule has 372 valence electrons. The average Bonchev–Trinajstić information content (AvgIpc) is 3.85. The van der Waals surface area contributed by atoms with E-state index < -0.39 is 5.41 Å². The van der Waals surface area contributed by atoms with Crippen molar-refractivity contribution in [2.24, 2.45) is 0 Å². The summed E-state index contributed by atoms with van der Waals surface area (Å²) in [5.41, 5.74) is 22.2. The number of rotatable bonds is 6. The highest BCUT2D eigenvalue weighted by atomic mass is 15.1. The number of hydrogen-bond donors (Lipinski definition) is 0. The van der Waals surface area contributed by atoms with E-state index >= 15 is 0 Å². The van der Waals surface area contributed by atoms with Gasteiger partial charge in [0, 0.05) is 33.8 Å². The molecular formula is C73H70N2. The maximum absolute atomic E-state index is 2.58. The molecule has 10 aromatic carbocycles. The maximum atomic E-state index is 2.58. The van der Waals surface area contributed by atoms with E-state index in [1.54, 1.807) is 0 Å². The molecule has 2 aliphatic carbocycles. The molecule has 0 saturated carbocycles. The molecule has 10 aromatic rings. The molecule has 0 saturated heterocycles. The zero-order valence-corrected chi connectivity index (χ0v) is 46.0. The third-order valence-electron chi connectivity index (χ3n) is 16.5. The van der Waals surface area contributed by atoms with Crippen LogP contribution in [0.1, 0.15) is 128 Å². The second-order valence-corrected chi connectivity index (χ2v) is 25.5. The van der Waals surface area contributed by atoms with Gasteiger partial charge in [0.2, 0.25) is 0 Å². The van der Waals surface area contributed by atoms with Crippen LogP contribution in [-0.4, -0.2) is 0 Å². The van der Waals surface area contributed by atoms with Crippen LogP contribution in [0.5, 0.6) is 0 Å². The number of fused-ring (bicyclic) bond motifs is 13. The monoisotopic (exact) mass is 975 g/mol. The zero-order valence-electron chi connectivity index (χ0n) is 46.0. The normalized spacial score (nSPS) is 13.7. The van der Waals surface area contributed by atoms with Gasteiger partial charge >= 0.3 is 0 Å². The van der Waals surface area contributed by atoms with E-state index in [0.717, 1.165) is 28.4 Å². The largest absolute Gasteiger partial charge is 0.310 e. The molecule has 0 N–H and O–H groups in total. The van der Waals surface area contributed by atoms with Gasteiger partial charge in [0.15, 0.2) is 0 Å². The third-order valence-corrected chi connectivity index (χ3v) is 16.5. The summed E-state index contributed by atoms with van der Waals surface area (Å²) in [7, 11) is 0. The van der Waals surface area contributed by atoms with Crippen molar-refractivity contribution in [3.05, 3.63) is 251 Å². The lowest BCUT2D eigenvalue weighted by molar-refractivity contribution is 0.590. The van der Waals surface area contributed by atoms with Gasteiger partial charge in [-0.15, -0.1) is 0 Å². The number of anilines is 6. The van der Waals surface area contributed by atoms with E-state index in [2.05, 4.69) is 299 Å². The predicted molar refractivity (Wildman–Crippen MR) is 322 cm³/mol. The summed E-state index contributed by atoms with van der Waals surface area (Å²) in [5, 5.41) is 4.91. The highest BCUT2D eigenvalue weighted by Gasteiger charge is 2.52. The summed E-state index contributed by atoms with van der Waals surface area (Å²) >= 11 is 0. The highest BCUT2D eigenvalue weighted by Crippen LogP contribution is 2.65. The molecule has 0 aliphatic heterocycles. The second kappa shape index (κ2) is 17.2. The van der Waals surface area contributed by atoms with Gasteiger partial charge in [-0.05, 0) is 183 Å². The Morgan fingerprint density at radius 3 is 1.11 bits per heavy atom. The summed E-state index contributed by atoms with van der Waals surface area (Å²) in [4.78, 5) is 4.96. The molecule has 0 amide bonds. The lowest BCUT2D eigenvalue weighted by Gasteiger charge is -2.33. The summed E-state index contributed by atoms with van der Waals surface area (Å²) in [6, 6.07) is 79.4. The molecule has 2 nitrogen and oxygen atoms in total. The highest BCUT2D eigenvalue weighted by molar-refractivity contribution is 6.13. The van der Waals surface area contributed by atoms with Crippen molar-refractivity contribution in [3.8, 4) is 22.3 Å². The number of hydrogen-bond acceptors (Lipinski definition) is 2. The Morgan fingerprint density at radius 1 is 0.280 bits per heavy atom. The Bertz CT molecular complexity index is 3670. The molecule has 0 atom stereocenters. The first-order valence-corrected chi connectivity index (χ1v) is 27.1. The first kappa shape index (κ1) is 48.3. The SMILES string of the molecule is CC(C)(C)c1ccc(N(c2ccc(C(C)(C)C)cc2)c2ccc3cc4c(cc3c2)C2(c3ccccc3-c3ccccc32)c2cc(N(c3ccc(C(C)(C)C)cc3)c3ccc(C(C)(C)C)cc3)c3ccccc3c2-4)cc1. The Hall–Kier alpha value is -7.68. The first-order valence-electron chi connectivity index (χ1n) is 27.1. The summed E-state index contributed by atoms with van der Waals surface area (Å²) < 4.78 is 0. The number of nitrogens with zero attached hydrogens (tertiary/aromatic N) is 2. The molecule has 12 rings (SSSR count). The van der Waals surface area contributed by atoms with Crippen LogP contribution >= 0.6 is 0 Å². The van der Waals surface area contributed by atoms with Crippen molar-refractivity contribution in [1.29, 1.82) is 0 Å². The van der Waals surface area contributed by atoms with Gasteiger partial charge in [0.05, 0.1) is 11.1 Å². The van der Waals surface area contributed by atoms with Crippen molar-refractivity contribution in [3.63, 3.8) is 0 Å². The third kappa shape index (κ3) is 7.90. The van der Waals surface area contributed by atoms with Crippen LogP contribution < -0.4 is 9.80 Å². The standard InChI is InChI=1S/C73H70N2/c1-69(2,3)49-26-35-53(36-27-49)74(54-37-28-50(29-38-54)70(4,5)6)57-34-25-47-44-62-65(45-48(47)43-57)73(63-23-17-15-19-58(63)59-20-16-18-24-64(59)73)66-46-67(60-21-13-14-22-61(60)68(62)66)75(55-39-30-51(31-40-55)71(7,8)9)56-41-32-52(33-42-56)72(10,11)12/h13-46H,1-12H3. The fourth-order valence-electron chi connectivity index (χ4n) is 12.3. The van der Waals surface area contributed by atoms with Gasteiger partial charge in [0.25, 0.3) is 0 Å². The minimum absolute atomic E-state index is 0.0252. The molecule has 0 heterocycles. The molecule has 0 unspecified atom stereocenters. The minimum Gasteiger partial charge on any atom is -0.310 e. The molecule has 2 aliphatic rings. The van der Waals surface area contributed by atoms with Crippen LogP contribution in [0.4, 0.5) is 34.1 Å². The van der Waals surface area contributed by atoms with Gasteiger partial charge in [-0.1, -0.05) is 210 Å². The van der Waals surface area contributed by atoms with E-state index in [1.807, 2.05) is 0 Å². The van der Waals surface area contributed by atoms with Crippen molar-refractivity contribution >= 4 is 55.7 Å². The maximum Gasteiger partial charge on any atom is 0.0726 e. The molecule has 0 fully saturated rings. The van der Waals surface area contributed by atoms with Crippen LogP contribution in [0.25, 0.3) is 43.8 Å². The Balaban J connectivity index is 1.13. The van der Waals surface area contributed by atoms with Crippen LogP contribution in [0.15, 0.2) is 206 Å². The lowest BCUT2D eigenvalue weighted by atomic mass is 9.70. The number of benzene rings is 10. The van der Waals surface area contributed by atoms with E-state index in [1.165, 1.54) is 94.0 Å². The van der Waals surface area contributed by atoms with E-state index in [0.29, 0.717) is 0 Å². The first-order chi connectivity index (χ1) is 35.7. The predicted octanol–water partition coefficient (Wildman–Crippen LogP) is 20.5. The fraction of sp³-hybridized carbons (Fsp3) is 0.233. The van der Waals surface area contributed by atoms with Gasteiger partial charge in [-0.3, -0.25) is 0 Å². The van der Waals surface area contributed by atoms with Crippen LogP contribution in [0.2, 0.25) is 0 Å². The quantitative estimate of drug-likeness (QED) is 0.164. The second-order valence-electron chi connectivity index (χ2n) is 25.5. The van der Waals surface area contributed by atoms with Crippen molar-refractivity contribution in [1.82, 2.24) is 0 Å². The van der Waals surface area contributed by atoms with Gasteiger partial charge in [-0.2, -0.15) is 0 Å². The molecule has 0 aromatic heterocycles. The molecule has 1 spiro atoms. The van der Waals surface area contributed by atoms with Gasteiger partial charge < -0.3 is 9.80 Å². The molecule has 0 radical (unpaired) electrons. The van der Waals surface area contributed by atoms with Gasteiger partial charge in [0.1, 0.15) is 0 Å². The molecule has 75 heavy (non-hydrogen) atoms. The van der Waals surface area contributed by atoms with E-state index in [-0.39, 0.29) is 21.7 Å². The smallest absolute Gasteiger partial charge is 0.0726 e. The lowest BCUT2D eigenvalue weighted by Crippen LogP contribution is -2.26. The molecule has 2 heteroatoms. The topological polar surface area (TPSA) is 6.48 Å². The summed E-state index contributed by atoms with van der Waals surface area (Å²) in [6.45, 7) is 27.5. The summed E-state index contributed by atoms with van der Waals surface area (Å²) in [5.74, 6) is 0. The van der Waals surface area contributed by atoms with Crippen LogP contribution in [0.3, 0.4) is 0 Å². The van der Waals surface area contributed by atoms with Crippen molar-refractivity contribution < 1.29 is 0 Å². The van der Waals surface area contributed by atoms with E-state index in [4.69, 9.17) is 0 Å². The summed E-state index contributed by atoms with van der Waals surface area (Å²) in [6.07, 6.45) is 0. The Kier molecular flexibility index (Phi) is 11.1. The van der Waals surface area contributed by atoms with Crippen LogP contribution in [-0.2, 0) is 27.1 Å². The van der Waals surface area contributed by atoms with Gasteiger partial charge in [-0.25, -0.2) is 0 Å². The average molecular weight is 975 g/mol. The molecule has 0 bridgehead atoms.